The first-order valence-corrected chi connectivity index (χ1v) is 11.4. The van der Waals surface area contributed by atoms with Crippen LogP contribution < -0.4 is 10.0 Å². The van der Waals surface area contributed by atoms with Gasteiger partial charge in [-0.05, 0) is 73.5 Å². The highest BCUT2D eigenvalue weighted by atomic mass is 32.2. The van der Waals surface area contributed by atoms with E-state index in [4.69, 9.17) is 0 Å². The number of alkyl halides is 1. The number of anilines is 1. The molecule has 0 amide bonds. The van der Waals surface area contributed by atoms with E-state index < -0.39 is 5.67 Å². The van der Waals surface area contributed by atoms with Crippen LogP contribution in [0, 0.1) is 11.8 Å². The average molecular weight is 413 g/mol. The third-order valence-electron chi connectivity index (χ3n) is 6.00. The number of hydrogen-bond acceptors (Lipinski definition) is 3. The summed E-state index contributed by atoms with van der Waals surface area (Å²) in [5, 5.41) is 5.39. The molecule has 1 aliphatic carbocycles. The molecule has 1 fully saturated rings. The van der Waals surface area contributed by atoms with E-state index in [9.17, 15) is 4.39 Å². The number of benzene rings is 2. The van der Waals surface area contributed by atoms with Gasteiger partial charge < -0.3 is 5.32 Å². The lowest BCUT2D eigenvalue weighted by Gasteiger charge is -2.41. The van der Waals surface area contributed by atoms with Crippen molar-refractivity contribution in [3.63, 3.8) is 0 Å². The Morgan fingerprint density at radius 3 is 2.48 bits per heavy atom. The molecule has 1 aliphatic heterocycles. The number of fused-ring (bicyclic) bond motifs is 3. The molecule has 1 heterocycles. The van der Waals surface area contributed by atoms with Gasteiger partial charge >= 0.3 is 0 Å². The van der Waals surface area contributed by atoms with Crippen LogP contribution in [-0.2, 0) is 5.67 Å². The minimum Gasteiger partial charge on any atom is -0.385 e. The highest BCUT2D eigenvalue weighted by molar-refractivity contribution is 8.00. The van der Waals surface area contributed by atoms with Gasteiger partial charge in [-0.15, -0.1) is 0 Å². The summed E-state index contributed by atoms with van der Waals surface area (Å²) < 4.78 is 17.7. The van der Waals surface area contributed by atoms with Crippen LogP contribution in [0.5, 0.6) is 0 Å². The highest BCUT2D eigenvalue weighted by Gasteiger charge is 2.36. The van der Waals surface area contributed by atoms with Gasteiger partial charge in [0.2, 0.25) is 0 Å². The van der Waals surface area contributed by atoms with Gasteiger partial charge in [0.05, 0.1) is 0 Å². The Balaban J connectivity index is 0.000000343. The van der Waals surface area contributed by atoms with Crippen molar-refractivity contribution in [1.29, 1.82) is 0 Å². The average Bonchev–Trinajstić information content (AvgIpc) is 2.74. The number of halogens is 1. The molecule has 0 bridgehead atoms. The zero-order chi connectivity index (χ0) is 20.7. The van der Waals surface area contributed by atoms with Crippen molar-refractivity contribution in [1.82, 2.24) is 4.72 Å². The molecule has 0 saturated heterocycles. The van der Waals surface area contributed by atoms with Crippen LogP contribution in [0.4, 0.5) is 10.1 Å². The molecular formula is C25H33FN2S. The lowest BCUT2D eigenvalue weighted by atomic mass is 9.69. The van der Waals surface area contributed by atoms with Crippen LogP contribution in [0.2, 0.25) is 0 Å². The molecule has 0 spiro atoms. The molecular weight excluding hydrogens is 379 g/mol. The van der Waals surface area contributed by atoms with Crippen LogP contribution in [0.15, 0.2) is 66.6 Å². The van der Waals surface area contributed by atoms with Crippen LogP contribution in [0.1, 0.15) is 50.2 Å². The first-order chi connectivity index (χ1) is 14.0. The fourth-order valence-electron chi connectivity index (χ4n) is 4.38. The smallest absolute Gasteiger partial charge is 0.130 e. The molecule has 156 valence electrons. The predicted octanol–water partition coefficient (Wildman–Crippen LogP) is 6.88. The van der Waals surface area contributed by atoms with Gasteiger partial charge in [0.1, 0.15) is 5.67 Å². The van der Waals surface area contributed by atoms with Crippen molar-refractivity contribution < 1.29 is 4.39 Å². The molecule has 0 aromatic heterocycles. The molecule has 0 radical (unpaired) electrons. The van der Waals surface area contributed by atoms with E-state index in [0.29, 0.717) is 17.8 Å². The van der Waals surface area contributed by atoms with Gasteiger partial charge in [-0.2, -0.15) is 0 Å². The van der Waals surface area contributed by atoms with Gasteiger partial charge in [0.25, 0.3) is 0 Å². The Labute approximate surface area is 179 Å². The van der Waals surface area contributed by atoms with Crippen molar-refractivity contribution in [2.75, 3.05) is 18.4 Å². The van der Waals surface area contributed by atoms with Crippen LogP contribution >= 0.6 is 11.9 Å². The second kappa shape index (κ2) is 10.3. The molecule has 2 aromatic carbocycles. The predicted molar refractivity (Wildman–Crippen MR) is 125 cm³/mol. The minimum absolute atomic E-state index is 0.558. The maximum Gasteiger partial charge on any atom is 0.130 e. The van der Waals surface area contributed by atoms with E-state index in [0.717, 1.165) is 18.7 Å². The zero-order valence-corrected chi connectivity index (χ0v) is 18.4. The third-order valence-corrected chi connectivity index (χ3v) is 6.50. The maximum atomic E-state index is 14.4. The second-order valence-corrected chi connectivity index (χ2v) is 9.35. The minimum atomic E-state index is -1.28. The summed E-state index contributed by atoms with van der Waals surface area (Å²) in [6.07, 6.45) is 3.73. The Morgan fingerprint density at radius 2 is 1.86 bits per heavy atom. The van der Waals surface area contributed by atoms with E-state index in [1.54, 1.807) is 25.8 Å². The quantitative estimate of drug-likeness (QED) is 0.413. The fourth-order valence-corrected chi connectivity index (χ4v) is 4.83. The zero-order valence-electron chi connectivity index (χ0n) is 17.5. The van der Waals surface area contributed by atoms with Crippen LogP contribution in [0.25, 0.3) is 0 Å². The monoisotopic (exact) mass is 412 g/mol. The van der Waals surface area contributed by atoms with Crippen LogP contribution in [-0.4, -0.2) is 13.1 Å². The summed E-state index contributed by atoms with van der Waals surface area (Å²) in [7, 11) is 0. The fraction of sp³-hybridized carbons (Fsp3) is 0.440. The number of nitrogens with one attached hydrogen (secondary N) is 2. The third kappa shape index (κ3) is 6.10. The van der Waals surface area contributed by atoms with Gasteiger partial charge in [-0.1, -0.05) is 67.1 Å². The van der Waals surface area contributed by atoms with E-state index in [1.165, 1.54) is 30.5 Å². The summed E-state index contributed by atoms with van der Waals surface area (Å²) in [5.74, 6) is 1.93. The van der Waals surface area contributed by atoms with Crippen molar-refractivity contribution >= 4 is 17.6 Å². The van der Waals surface area contributed by atoms with E-state index in [2.05, 4.69) is 28.8 Å². The van der Waals surface area contributed by atoms with E-state index in [1.807, 2.05) is 47.9 Å². The Bertz CT molecular complexity index is 745. The molecule has 2 N–H and O–H groups in total. The summed E-state index contributed by atoms with van der Waals surface area (Å²) in [6.45, 7) is 9.09. The SMILES string of the molecule is C=CSNCC1CCC2CNc3ccc(C(C)(C)F)cc3C2C1.c1ccccc1. The van der Waals surface area contributed by atoms with Gasteiger partial charge in [0.15, 0.2) is 0 Å². The van der Waals surface area contributed by atoms with Crippen LogP contribution in [0.3, 0.4) is 0 Å². The Hall–Kier alpha value is -1.78. The van der Waals surface area contributed by atoms with Crippen molar-refractivity contribution in [2.24, 2.45) is 11.8 Å². The normalized spacial score (nSPS) is 22.9. The van der Waals surface area contributed by atoms with Crippen molar-refractivity contribution in [3.8, 4) is 0 Å². The summed E-state index contributed by atoms with van der Waals surface area (Å²) in [6, 6.07) is 18.1. The summed E-state index contributed by atoms with van der Waals surface area (Å²) in [5.41, 5.74) is 2.04. The summed E-state index contributed by atoms with van der Waals surface area (Å²) >= 11 is 1.57. The first-order valence-electron chi connectivity index (χ1n) is 10.6. The maximum absolute atomic E-state index is 14.4. The molecule has 29 heavy (non-hydrogen) atoms. The largest absolute Gasteiger partial charge is 0.385 e. The molecule has 3 unspecified atom stereocenters. The van der Waals surface area contributed by atoms with E-state index in [-0.39, 0.29) is 0 Å². The molecule has 4 rings (SSSR count). The van der Waals surface area contributed by atoms with Gasteiger partial charge in [-0.3, -0.25) is 4.72 Å². The Kier molecular flexibility index (Phi) is 7.79. The van der Waals surface area contributed by atoms with Gasteiger partial charge in [0, 0.05) is 18.8 Å². The number of hydrogen-bond donors (Lipinski definition) is 2. The van der Waals surface area contributed by atoms with Crippen molar-refractivity contribution in [2.45, 2.75) is 44.7 Å². The molecule has 1 saturated carbocycles. The molecule has 2 aliphatic rings. The first kappa shape index (κ1) is 21.9. The topological polar surface area (TPSA) is 24.1 Å². The number of rotatable bonds is 5. The lowest BCUT2D eigenvalue weighted by molar-refractivity contribution is 0.219. The Morgan fingerprint density at radius 1 is 1.17 bits per heavy atom. The molecule has 2 nitrogen and oxygen atoms in total. The molecule has 3 atom stereocenters. The lowest BCUT2D eigenvalue weighted by Crippen LogP contribution is -2.35. The highest BCUT2D eigenvalue weighted by Crippen LogP contribution is 2.46. The van der Waals surface area contributed by atoms with E-state index >= 15 is 0 Å². The molecule has 2 aromatic rings. The van der Waals surface area contributed by atoms with Gasteiger partial charge in [-0.25, -0.2) is 4.39 Å². The standard InChI is InChI=1S/C19H27FN2S.C6H6/c1-4-23-22-11-13-5-6-14-12-21-18-8-7-15(19(2,3)20)10-17(18)16(14)9-13;1-2-4-6-5-3-1/h4,7-8,10,13-14,16,21-22H,1,5-6,9,11-12H2,2-3H3;1-6H. The summed E-state index contributed by atoms with van der Waals surface area (Å²) in [4.78, 5) is 0. The second-order valence-electron chi connectivity index (χ2n) is 8.49. The van der Waals surface area contributed by atoms with Crippen molar-refractivity contribution in [3.05, 3.63) is 77.7 Å². The molecule has 4 heteroatoms.